The minimum Gasteiger partial charge on any atom is -0.477 e. The zero-order valence-electron chi connectivity index (χ0n) is 9.93. The maximum atomic E-state index is 10.8. The average Bonchev–Trinajstić information content (AvgIpc) is 2.37. The molecule has 0 radical (unpaired) electrons. The topological polar surface area (TPSA) is 88.2 Å². The van der Waals surface area contributed by atoms with Crippen molar-refractivity contribution in [1.29, 1.82) is 0 Å². The first-order chi connectivity index (χ1) is 9.06. The largest absolute Gasteiger partial charge is 0.477 e. The molecule has 1 aromatic carbocycles. The molecule has 98 valence electrons. The third kappa shape index (κ3) is 3.35. The molecule has 0 spiro atoms. The lowest BCUT2D eigenvalue weighted by molar-refractivity contribution is 0.0690. The number of carboxylic acid groups (broad SMARTS) is 1. The maximum absolute atomic E-state index is 10.8. The predicted molar refractivity (Wildman–Crippen MR) is 74.4 cm³/mol. The first kappa shape index (κ1) is 13.2. The second-order valence-corrected chi connectivity index (χ2v) is 4.36. The van der Waals surface area contributed by atoms with Crippen molar-refractivity contribution in [2.45, 2.75) is 6.54 Å². The molecular formula is C13H12ClN3O2. The van der Waals surface area contributed by atoms with E-state index < -0.39 is 5.97 Å². The van der Waals surface area contributed by atoms with Crippen LogP contribution in [-0.2, 0) is 6.54 Å². The minimum absolute atomic E-state index is 0.0530. The Bertz CT molecular complexity index is 617. The second kappa shape index (κ2) is 5.58. The third-order valence-electron chi connectivity index (χ3n) is 2.49. The zero-order chi connectivity index (χ0) is 13.8. The van der Waals surface area contributed by atoms with Gasteiger partial charge in [-0.3, -0.25) is 0 Å². The summed E-state index contributed by atoms with van der Waals surface area (Å²) in [6, 6.07) is 10.2. The molecule has 0 aliphatic rings. The fourth-order valence-electron chi connectivity index (χ4n) is 1.56. The molecule has 2 aromatic rings. The fourth-order valence-corrected chi connectivity index (χ4v) is 1.78. The number of carboxylic acids is 1. The molecule has 1 aromatic heterocycles. The van der Waals surface area contributed by atoms with Crippen LogP contribution in [0.25, 0.3) is 0 Å². The van der Waals surface area contributed by atoms with E-state index in [0.717, 1.165) is 5.56 Å². The van der Waals surface area contributed by atoms with Crippen LogP contribution in [0.15, 0.2) is 36.4 Å². The molecule has 0 saturated heterocycles. The quantitative estimate of drug-likeness (QED) is 0.799. The van der Waals surface area contributed by atoms with Crippen LogP contribution in [0.2, 0.25) is 5.02 Å². The van der Waals surface area contributed by atoms with E-state index in [-0.39, 0.29) is 5.69 Å². The second-order valence-electron chi connectivity index (χ2n) is 3.92. The number of nitrogen functional groups attached to an aromatic ring is 1. The number of aromatic nitrogens is 1. The first-order valence-corrected chi connectivity index (χ1v) is 5.92. The number of nitrogens with zero attached hydrogens (tertiary/aromatic N) is 1. The molecule has 0 unspecified atom stereocenters. The monoisotopic (exact) mass is 277 g/mol. The highest BCUT2D eigenvalue weighted by molar-refractivity contribution is 6.30. The van der Waals surface area contributed by atoms with Crippen LogP contribution in [0.3, 0.4) is 0 Å². The van der Waals surface area contributed by atoms with Gasteiger partial charge in [-0.25, -0.2) is 9.78 Å². The molecule has 0 fully saturated rings. The first-order valence-electron chi connectivity index (χ1n) is 5.54. The number of anilines is 2. The Kier molecular flexibility index (Phi) is 3.87. The van der Waals surface area contributed by atoms with E-state index in [1.165, 1.54) is 12.1 Å². The Morgan fingerprint density at radius 3 is 2.84 bits per heavy atom. The van der Waals surface area contributed by atoms with Crippen molar-refractivity contribution in [2.75, 3.05) is 11.1 Å². The number of nitrogens with one attached hydrogen (secondary N) is 1. The Balaban J connectivity index is 2.15. The Morgan fingerprint density at radius 2 is 2.16 bits per heavy atom. The number of halogens is 1. The Morgan fingerprint density at radius 1 is 1.37 bits per heavy atom. The van der Waals surface area contributed by atoms with Crippen molar-refractivity contribution in [3.63, 3.8) is 0 Å². The number of aromatic carboxylic acids is 1. The van der Waals surface area contributed by atoms with Crippen molar-refractivity contribution >= 4 is 29.1 Å². The lowest BCUT2D eigenvalue weighted by Crippen LogP contribution is -2.08. The van der Waals surface area contributed by atoms with Crippen molar-refractivity contribution < 1.29 is 9.90 Å². The van der Waals surface area contributed by atoms with Crippen LogP contribution in [0, 0.1) is 0 Å². The van der Waals surface area contributed by atoms with E-state index in [4.69, 9.17) is 22.4 Å². The van der Waals surface area contributed by atoms with Crippen molar-refractivity contribution in [2.24, 2.45) is 0 Å². The van der Waals surface area contributed by atoms with Crippen LogP contribution in [0.5, 0.6) is 0 Å². The summed E-state index contributed by atoms with van der Waals surface area (Å²) in [5, 5.41) is 12.5. The number of carbonyl (C=O) groups is 1. The normalized spacial score (nSPS) is 10.2. The van der Waals surface area contributed by atoms with E-state index in [1.807, 2.05) is 18.2 Å². The number of rotatable bonds is 4. The molecular weight excluding hydrogens is 266 g/mol. The average molecular weight is 278 g/mol. The smallest absolute Gasteiger partial charge is 0.354 e. The van der Waals surface area contributed by atoms with Gasteiger partial charge in [-0.15, -0.1) is 0 Å². The van der Waals surface area contributed by atoms with Gasteiger partial charge in [-0.1, -0.05) is 23.7 Å². The lowest BCUT2D eigenvalue weighted by atomic mass is 10.2. The molecule has 0 aliphatic carbocycles. The summed E-state index contributed by atoms with van der Waals surface area (Å²) in [5.74, 6) is -0.745. The molecule has 0 saturated carbocycles. The van der Waals surface area contributed by atoms with Crippen LogP contribution in [-0.4, -0.2) is 16.1 Å². The van der Waals surface area contributed by atoms with Gasteiger partial charge in [0.2, 0.25) is 0 Å². The number of nitrogens with two attached hydrogens (primary N) is 1. The number of pyridine rings is 1. The fraction of sp³-hybridized carbons (Fsp3) is 0.0769. The van der Waals surface area contributed by atoms with Gasteiger partial charge in [0.05, 0.1) is 5.69 Å². The van der Waals surface area contributed by atoms with Crippen molar-refractivity contribution in [3.8, 4) is 0 Å². The highest BCUT2D eigenvalue weighted by atomic mass is 35.5. The van der Waals surface area contributed by atoms with Crippen LogP contribution in [0.1, 0.15) is 16.1 Å². The van der Waals surface area contributed by atoms with Gasteiger partial charge in [-0.2, -0.15) is 0 Å². The summed E-state index contributed by atoms with van der Waals surface area (Å²) in [4.78, 5) is 14.8. The molecule has 0 atom stereocenters. The van der Waals surface area contributed by atoms with Gasteiger partial charge < -0.3 is 16.2 Å². The Hall–Kier alpha value is -2.27. The maximum Gasteiger partial charge on any atom is 0.354 e. The minimum atomic E-state index is -1.09. The van der Waals surface area contributed by atoms with Gasteiger partial charge in [0, 0.05) is 11.6 Å². The predicted octanol–water partition coefficient (Wildman–Crippen LogP) is 2.63. The summed E-state index contributed by atoms with van der Waals surface area (Å²) in [6.07, 6.45) is 0. The summed E-state index contributed by atoms with van der Waals surface area (Å²) in [6.45, 7) is 0.459. The number of hydrogen-bond donors (Lipinski definition) is 3. The van der Waals surface area contributed by atoms with Gasteiger partial charge in [-0.05, 0) is 29.8 Å². The molecule has 1 heterocycles. The SMILES string of the molecule is Nc1ccc(C(=O)O)nc1NCc1cccc(Cl)c1. The molecule has 0 amide bonds. The van der Waals surface area contributed by atoms with Crippen LogP contribution < -0.4 is 11.1 Å². The van der Waals surface area contributed by atoms with E-state index >= 15 is 0 Å². The zero-order valence-corrected chi connectivity index (χ0v) is 10.7. The van der Waals surface area contributed by atoms with Crippen LogP contribution >= 0.6 is 11.6 Å². The van der Waals surface area contributed by atoms with Gasteiger partial charge >= 0.3 is 5.97 Å². The van der Waals surface area contributed by atoms with E-state index in [1.54, 1.807) is 6.07 Å². The summed E-state index contributed by atoms with van der Waals surface area (Å²) in [5.41, 5.74) is 7.04. The molecule has 5 nitrogen and oxygen atoms in total. The van der Waals surface area contributed by atoms with Crippen LogP contribution in [0.4, 0.5) is 11.5 Å². The van der Waals surface area contributed by atoms with Gasteiger partial charge in [0.1, 0.15) is 5.82 Å². The third-order valence-corrected chi connectivity index (χ3v) is 2.73. The number of benzene rings is 1. The highest BCUT2D eigenvalue weighted by Gasteiger charge is 2.08. The van der Waals surface area contributed by atoms with Gasteiger partial charge in [0.15, 0.2) is 5.69 Å². The molecule has 6 heteroatoms. The highest BCUT2D eigenvalue weighted by Crippen LogP contribution is 2.18. The molecule has 2 rings (SSSR count). The molecule has 4 N–H and O–H groups in total. The van der Waals surface area contributed by atoms with E-state index in [0.29, 0.717) is 23.1 Å². The van der Waals surface area contributed by atoms with E-state index in [2.05, 4.69) is 10.3 Å². The standard InChI is InChI=1S/C13H12ClN3O2/c14-9-3-1-2-8(6-9)7-16-12-10(15)4-5-11(17-12)13(18)19/h1-6H,7,15H2,(H,16,17)(H,18,19). The lowest BCUT2D eigenvalue weighted by Gasteiger charge is -2.09. The molecule has 0 aliphatic heterocycles. The molecule has 19 heavy (non-hydrogen) atoms. The van der Waals surface area contributed by atoms with Crippen molar-refractivity contribution in [1.82, 2.24) is 4.98 Å². The summed E-state index contributed by atoms with van der Waals surface area (Å²) in [7, 11) is 0. The van der Waals surface area contributed by atoms with E-state index in [9.17, 15) is 4.79 Å². The van der Waals surface area contributed by atoms with Crippen molar-refractivity contribution in [3.05, 3.63) is 52.7 Å². The van der Waals surface area contributed by atoms with Gasteiger partial charge in [0.25, 0.3) is 0 Å². The molecule has 0 bridgehead atoms. The Labute approximate surface area is 115 Å². The summed E-state index contributed by atoms with van der Waals surface area (Å²) >= 11 is 5.88. The summed E-state index contributed by atoms with van der Waals surface area (Å²) < 4.78 is 0. The number of hydrogen-bond acceptors (Lipinski definition) is 4.